The minimum absolute atomic E-state index is 0.170. The fourth-order valence-electron chi connectivity index (χ4n) is 1.39. The molecule has 0 aromatic carbocycles. The average Bonchev–Trinajstić information content (AvgIpc) is 2.64. The molecule has 1 rings (SSSR count). The Kier molecular flexibility index (Phi) is 4.71. The van der Waals surface area contributed by atoms with Crippen LogP contribution in [0.4, 0.5) is 0 Å². The van der Waals surface area contributed by atoms with Crippen LogP contribution in [0, 0.1) is 0 Å². The maximum atomic E-state index is 8.41. The average molecular weight is 226 g/mol. The number of nitrogens with two attached hydrogens (primary N) is 1. The number of hydrogen-bond donors (Lipinski definition) is 3. The second kappa shape index (κ2) is 6.06. The molecule has 1 atom stereocenters. The van der Waals surface area contributed by atoms with Gasteiger partial charge in [-0.2, -0.15) is 0 Å². The van der Waals surface area contributed by atoms with E-state index in [2.05, 4.69) is 20.7 Å². The monoisotopic (exact) mass is 226 g/mol. The number of aromatic nitrogens is 3. The van der Waals surface area contributed by atoms with E-state index in [4.69, 9.17) is 10.9 Å². The molecule has 1 aromatic heterocycles. The molecular formula is C9H18N6O. The molecule has 4 N–H and O–H groups in total. The zero-order valence-electron chi connectivity index (χ0n) is 9.59. The second-order valence-electron chi connectivity index (χ2n) is 3.76. The Hall–Kier alpha value is -1.63. The summed E-state index contributed by atoms with van der Waals surface area (Å²) in [5, 5.41) is 22.4. The minimum atomic E-state index is 0.170. The van der Waals surface area contributed by atoms with Crippen LogP contribution >= 0.6 is 0 Å². The number of nitrogens with zero attached hydrogens (tertiary/aromatic N) is 4. The van der Waals surface area contributed by atoms with E-state index in [0.29, 0.717) is 6.42 Å². The van der Waals surface area contributed by atoms with Crippen molar-refractivity contribution in [2.75, 3.05) is 6.54 Å². The Labute approximate surface area is 94.3 Å². The van der Waals surface area contributed by atoms with Gasteiger partial charge in [0.15, 0.2) is 0 Å². The van der Waals surface area contributed by atoms with Crippen molar-refractivity contribution in [3.63, 3.8) is 0 Å². The molecule has 1 heterocycles. The van der Waals surface area contributed by atoms with Gasteiger partial charge in [0, 0.05) is 32.5 Å². The van der Waals surface area contributed by atoms with E-state index in [1.807, 2.05) is 18.5 Å². The molecule has 0 saturated heterocycles. The summed E-state index contributed by atoms with van der Waals surface area (Å²) in [6, 6.07) is 0.170. The lowest BCUT2D eigenvalue weighted by Crippen LogP contribution is -2.32. The number of aryl methyl sites for hydroxylation is 1. The Bertz CT molecular complexity index is 348. The number of nitrogens with one attached hydrogen (secondary N) is 1. The van der Waals surface area contributed by atoms with Crippen molar-refractivity contribution in [2.45, 2.75) is 25.8 Å². The van der Waals surface area contributed by atoms with Crippen molar-refractivity contribution in [3.05, 3.63) is 12.2 Å². The first kappa shape index (κ1) is 12.4. The van der Waals surface area contributed by atoms with Crippen molar-refractivity contribution >= 4 is 5.84 Å². The smallest absolute Gasteiger partial charge is 0.140 e. The summed E-state index contributed by atoms with van der Waals surface area (Å²) in [6.45, 7) is 2.77. The molecule has 0 fully saturated rings. The molecule has 0 spiro atoms. The van der Waals surface area contributed by atoms with Crippen molar-refractivity contribution in [1.82, 2.24) is 20.1 Å². The first-order chi connectivity index (χ1) is 7.63. The summed E-state index contributed by atoms with van der Waals surface area (Å²) in [5.74, 6) is 1.17. The second-order valence-corrected chi connectivity index (χ2v) is 3.76. The fourth-order valence-corrected chi connectivity index (χ4v) is 1.39. The van der Waals surface area contributed by atoms with Crippen LogP contribution in [0.15, 0.2) is 11.5 Å². The molecule has 0 aliphatic carbocycles. The summed E-state index contributed by atoms with van der Waals surface area (Å²) in [5.41, 5.74) is 5.40. The van der Waals surface area contributed by atoms with Crippen LogP contribution in [0.3, 0.4) is 0 Å². The zero-order valence-corrected chi connectivity index (χ0v) is 9.59. The van der Waals surface area contributed by atoms with Gasteiger partial charge in [-0.05, 0) is 6.92 Å². The molecule has 0 radical (unpaired) electrons. The summed E-state index contributed by atoms with van der Waals surface area (Å²) >= 11 is 0. The summed E-state index contributed by atoms with van der Waals surface area (Å²) in [4.78, 5) is 0. The number of oxime groups is 1. The van der Waals surface area contributed by atoms with Crippen molar-refractivity contribution in [1.29, 1.82) is 0 Å². The van der Waals surface area contributed by atoms with Gasteiger partial charge in [0.25, 0.3) is 0 Å². The molecule has 0 saturated carbocycles. The zero-order chi connectivity index (χ0) is 12.0. The van der Waals surface area contributed by atoms with Gasteiger partial charge in [-0.15, -0.1) is 10.2 Å². The van der Waals surface area contributed by atoms with Crippen molar-refractivity contribution < 1.29 is 5.21 Å². The van der Waals surface area contributed by atoms with Crippen LogP contribution in [0.25, 0.3) is 0 Å². The predicted molar refractivity (Wildman–Crippen MR) is 60.2 cm³/mol. The Morgan fingerprint density at radius 2 is 2.50 bits per heavy atom. The van der Waals surface area contributed by atoms with Gasteiger partial charge in [-0.25, -0.2) is 0 Å². The van der Waals surface area contributed by atoms with E-state index in [0.717, 1.165) is 18.8 Å². The van der Waals surface area contributed by atoms with Crippen molar-refractivity contribution in [3.8, 4) is 0 Å². The van der Waals surface area contributed by atoms with Crippen LogP contribution in [0.1, 0.15) is 19.2 Å². The Morgan fingerprint density at radius 1 is 1.75 bits per heavy atom. The summed E-state index contributed by atoms with van der Waals surface area (Å²) in [7, 11) is 1.91. The topological polar surface area (TPSA) is 101 Å². The van der Waals surface area contributed by atoms with Gasteiger partial charge in [-0.3, -0.25) is 0 Å². The highest BCUT2D eigenvalue weighted by Crippen LogP contribution is 1.94. The molecule has 7 heteroatoms. The Balaban J connectivity index is 2.23. The molecule has 90 valence electrons. The van der Waals surface area contributed by atoms with Gasteiger partial charge in [0.05, 0.1) is 0 Å². The molecule has 0 amide bonds. The summed E-state index contributed by atoms with van der Waals surface area (Å²) < 4.78 is 1.88. The standard InChI is InChI=1S/C9H18N6O/c1-7(5-8(10)14-16)11-4-3-9-13-12-6-15(9)2/h6-7,11,16H,3-5H2,1-2H3,(H2,10,14). The van der Waals surface area contributed by atoms with Gasteiger partial charge >= 0.3 is 0 Å². The molecule has 7 nitrogen and oxygen atoms in total. The first-order valence-electron chi connectivity index (χ1n) is 5.16. The van der Waals surface area contributed by atoms with E-state index in [1.165, 1.54) is 0 Å². The number of amidine groups is 1. The third-order valence-corrected chi connectivity index (χ3v) is 2.29. The van der Waals surface area contributed by atoms with Crippen LogP contribution < -0.4 is 11.1 Å². The number of hydrogen-bond acceptors (Lipinski definition) is 5. The van der Waals surface area contributed by atoms with Gasteiger partial charge < -0.3 is 20.8 Å². The quantitative estimate of drug-likeness (QED) is 0.262. The number of rotatable bonds is 6. The highest BCUT2D eigenvalue weighted by Gasteiger charge is 2.05. The van der Waals surface area contributed by atoms with Gasteiger partial charge in [-0.1, -0.05) is 5.16 Å². The van der Waals surface area contributed by atoms with E-state index in [1.54, 1.807) is 6.33 Å². The molecule has 0 aliphatic rings. The summed E-state index contributed by atoms with van der Waals surface area (Å²) in [6.07, 6.45) is 3.00. The molecule has 1 aromatic rings. The molecule has 0 bridgehead atoms. The molecule has 0 aliphatic heterocycles. The maximum absolute atomic E-state index is 8.41. The van der Waals surface area contributed by atoms with E-state index < -0.39 is 0 Å². The third-order valence-electron chi connectivity index (χ3n) is 2.29. The molecule has 1 unspecified atom stereocenters. The van der Waals surface area contributed by atoms with E-state index in [-0.39, 0.29) is 11.9 Å². The third kappa shape index (κ3) is 3.85. The van der Waals surface area contributed by atoms with Crippen molar-refractivity contribution in [2.24, 2.45) is 17.9 Å². The molecule has 16 heavy (non-hydrogen) atoms. The SMILES string of the molecule is CC(CC(N)=NO)NCCc1nncn1C. The highest BCUT2D eigenvalue weighted by atomic mass is 16.4. The van der Waals surface area contributed by atoms with Gasteiger partial charge in [0.1, 0.15) is 18.0 Å². The fraction of sp³-hybridized carbons (Fsp3) is 0.667. The minimum Gasteiger partial charge on any atom is -0.409 e. The maximum Gasteiger partial charge on any atom is 0.140 e. The van der Waals surface area contributed by atoms with E-state index in [9.17, 15) is 0 Å². The Morgan fingerprint density at radius 3 is 3.06 bits per heavy atom. The van der Waals surface area contributed by atoms with Gasteiger partial charge in [0.2, 0.25) is 0 Å². The largest absolute Gasteiger partial charge is 0.409 e. The lowest BCUT2D eigenvalue weighted by Gasteiger charge is -2.12. The molecular weight excluding hydrogens is 208 g/mol. The normalized spacial score (nSPS) is 14.0. The highest BCUT2D eigenvalue weighted by molar-refractivity contribution is 5.80. The lowest BCUT2D eigenvalue weighted by molar-refractivity contribution is 0.316. The first-order valence-corrected chi connectivity index (χ1v) is 5.16. The van der Waals surface area contributed by atoms with E-state index >= 15 is 0 Å². The predicted octanol–water partition coefficient (Wildman–Crippen LogP) is -0.528. The van der Waals surface area contributed by atoms with Crippen LogP contribution in [-0.2, 0) is 13.5 Å². The van der Waals surface area contributed by atoms with Crippen LogP contribution in [0.5, 0.6) is 0 Å². The lowest BCUT2D eigenvalue weighted by atomic mass is 10.2. The van der Waals surface area contributed by atoms with Crippen LogP contribution in [0.2, 0.25) is 0 Å². The van der Waals surface area contributed by atoms with Crippen LogP contribution in [-0.4, -0.2) is 38.4 Å².